The molecule has 1 heterocycles. The Kier molecular flexibility index (Phi) is 3.98. The zero-order valence-corrected chi connectivity index (χ0v) is 12.8. The molecule has 0 saturated heterocycles. The molecule has 0 amide bonds. The standard InChI is InChI=1S/C13H19F2N3O3S/c14-13(15)8-11(13)18-7-5-12(17-18)22(20,21)16-6-4-9-2-1-3-10(9)19/h5,7,9-11,16,19H,1-4,6,8H2/t9-,10-,11?/m1/s1. The predicted molar refractivity (Wildman–Crippen MR) is 74.0 cm³/mol. The lowest BCUT2D eigenvalue weighted by molar-refractivity contribution is 0.0981. The molecule has 2 fully saturated rings. The van der Waals surface area contributed by atoms with Crippen LogP contribution in [0.1, 0.15) is 38.1 Å². The van der Waals surface area contributed by atoms with Gasteiger partial charge in [0.2, 0.25) is 0 Å². The van der Waals surface area contributed by atoms with Gasteiger partial charge < -0.3 is 5.11 Å². The van der Waals surface area contributed by atoms with Crippen LogP contribution in [-0.4, -0.2) is 41.9 Å². The molecule has 2 aliphatic carbocycles. The van der Waals surface area contributed by atoms with E-state index in [0.29, 0.717) is 6.42 Å². The molecule has 0 aromatic carbocycles. The Morgan fingerprint density at radius 3 is 2.77 bits per heavy atom. The van der Waals surface area contributed by atoms with Crippen LogP contribution in [0.3, 0.4) is 0 Å². The quantitative estimate of drug-likeness (QED) is 0.820. The molecule has 9 heteroatoms. The van der Waals surface area contributed by atoms with Gasteiger partial charge in [-0.3, -0.25) is 4.68 Å². The fourth-order valence-corrected chi connectivity index (χ4v) is 3.91. The van der Waals surface area contributed by atoms with Crippen LogP contribution in [0.4, 0.5) is 8.78 Å². The van der Waals surface area contributed by atoms with Crippen molar-refractivity contribution < 1.29 is 22.3 Å². The Morgan fingerprint density at radius 1 is 1.45 bits per heavy atom. The molecule has 2 N–H and O–H groups in total. The van der Waals surface area contributed by atoms with Crippen molar-refractivity contribution in [3.05, 3.63) is 12.3 Å². The number of alkyl halides is 2. The maximum Gasteiger partial charge on any atom is 0.272 e. The molecule has 0 radical (unpaired) electrons. The molecular formula is C13H19F2N3O3S. The van der Waals surface area contributed by atoms with Crippen molar-refractivity contribution in [2.24, 2.45) is 5.92 Å². The summed E-state index contributed by atoms with van der Waals surface area (Å²) < 4.78 is 53.5. The van der Waals surface area contributed by atoms with E-state index in [1.807, 2.05) is 0 Å². The van der Waals surface area contributed by atoms with Gasteiger partial charge in [0.05, 0.1) is 6.10 Å². The third-order valence-electron chi connectivity index (χ3n) is 4.40. The summed E-state index contributed by atoms with van der Waals surface area (Å²) in [5.74, 6) is -2.68. The smallest absolute Gasteiger partial charge is 0.272 e. The highest BCUT2D eigenvalue weighted by Gasteiger charge is 2.59. The van der Waals surface area contributed by atoms with Gasteiger partial charge in [-0.05, 0) is 31.2 Å². The van der Waals surface area contributed by atoms with Crippen LogP contribution in [0.15, 0.2) is 17.3 Å². The van der Waals surface area contributed by atoms with Crippen LogP contribution < -0.4 is 4.72 Å². The summed E-state index contributed by atoms with van der Waals surface area (Å²) in [5.41, 5.74) is 0. The third-order valence-corrected chi connectivity index (χ3v) is 5.75. The summed E-state index contributed by atoms with van der Waals surface area (Å²) in [6.45, 7) is 0.205. The summed E-state index contributed by atoms with van der Waals surface area (Å²) >= 11 is 0. The van der Waals surface area contributed by atoms with Gasteiger partial charge in [-0.15, -0.1) is 0 Å². The lowest BCUT2D eigenvalue weighted by Crippen LogP contribution is -2.28. The number of aromatic nitrogens is 2. The fraction of sp³-hybridized carbons (Fsp3) is 0.769. The van der Waals surface area contributed by atoms with Crippen molar-refractivity contribution in [3.63, 3.8) is 0 Å². The monoisotopic (exact) mass is 335 g/mol. The van der Waals surface area contributed by atoms with Crippen LogP contribution in [-0.2, 0) is 10.0 Å². The molecule has 1 aromatic heterocycles. The van der Waals surface area contributed by atoms with Gasteiger partial charge in [-0.2, -0.15) is 5.10 Å². The number of rotatable bonds is 6. The Morgan fingerprint density at radius 2 is 2.18 bits per heavy atom. The minimum Gasteiger partial charge on any atom is -0.393 e. The molecule has 2 aliphatic rings. The molecule has 3 rings (SSSR count). The SMILES string of the molecule is O=S(=O)(NCC[C@H]1CCC[C@H]1O)c1ccn(C2CC2(F)F)n1. The molecular weight excluding hydrogens is 316 g/mol. The van der Waals surface area contributed by atoms with E-state index in [4.69, 9.17) is 0 Å². The first-order valence-electron chi connectivity index (χ1n) is 7.40. The Bertz CT molecular complexity index is 647. The molecule has 0 spiro atoms. The second-order valence-electron chi connectivity index (χ2n) is 6.06. The molecule has 124 valence electrons. The second-order valence-corrected chi connectivity index (χ2v) is 7.77. The zero-order chi connectivity index (χ0) is 16.0. The zero-order valence-electron chi connectivity index (χ0n) is 12.0. The van der Waals surface area contributed by atoms with Crippen molar-refractivity contribution in [1.29, 1.82) is 0 Å². The van der Waals surface area contributed by atoms with Crippen LogP contribution >= 0.6 is 0 Å². The molecule has 1 aromatic rings. The average Bonchev–Trinajstić information content (AvgIpc) is 2.86. The fourth-order valence-electron chi connectivity index (χ4n) is 2.93. The van der Waals surface area contributed by atoms with E-state index in [9.17, 15) is 22.3 Å². The van der Waals surface area contributed by atoms with E-state index in [-0.39, 0.29) is 30.0 Å². The van der Waals surface area contributed by atoms with Crippen LogP contribution in [0, 0.1) is 5.92 Å². The van der Waals surface area contributed by atoms with Crippen molar-refractivity contribution in [1.82, 2.24) is 14.5 Å². The third kappa shape index (κ3) is 3.16. The first-order valence-corrected chi connectivity index (χ1v) is 8.89. The van der Waals surface area contributed by atoms with Gasteiger partial charge in [0.15, 0.2) is 5.03 Å². The lowest BCUT2D eigenvalue weighted by atomic mass is 10.0. The maximum atomic E-state index is 13.0. The number of halogens is 2. The van der Waals surface area contributed by atoms with Crippen molar-refractivity contribution in [2.45, 2.75) is 55.2 Å². The number of nitrogens with one attached hydrogen (secondary N) is 1. The summed E-state index contributed by atoms with van der Waals surface area (Å²) in [6.07, 6.45) is 3.77. The van der Waals surface area contributed by atoms with Crippen LogP contribution in [0.2, 0.25) is 0 Å². The topological polar surface area (TPSA) is 84.2 Å². The first-order chi connectivity index (χ1) is 10.3. The highest BCUT2D eigenvalue weighted by molar-refractivity contribution is 7.89. The van der Waals surface area contributed by atoms with Crippen LogP contribution in [0.5, 0.6) is 0 Å². The molecule has 6 nitrogen and oxygen atoms in total. The van der Waals surface area contributed by atoms with E-state index in [0.717, 1.165) is 23.9 Å². The summed E-state index contributed by atoms with van der Waals surface area (Å²) in [4.78, 5) is 0. The van der Waals surface area contributed by atoms with Gasteiger partial charge in [-0.1, -0.05) is 6.42 Å². The number of aliphatic hydroxyl groups excluding tert-OH is 1. The van der Waals surface area contributed by atoms with Crippen molar-refractivity contribution in [3.8, 4) is 0 Å². The number of sulfonamides is 1. The van der Waals surface area contributed by atoms with Gasteiger partial charge >= 0.3 is 0 Å². The maximum absolute atomic E-state index is 13.0. The Hall–Kier alpha value is -1.06. The van der Waals surface area contributed by atoms with E-state index in [1.54, 1.807) is 0 Å². The number of nitrogens with zero attached hydrogens (tertiary/aromatic N) is 2. The molecule has 0 aliphatic heterocycles. The van der Waals surface area contributed by atoms with Crippen molar-refractivity contribution >= 4 is 10.0 Å². The largest absolute Gasteiger partial charge is 0.393 e. The summed E-state index contributed by atoms with van der Waals surface area (Å²) in [7, 11) is -3.80. The normalized spacial score (nSPS) is 30.6. The minimum atomic E-state index is -3.80. The molecule has 2 saturated carbocycles. The number of hydrogen-bond donors (Lipinski definition) is 2. The van der Waals surface area contributed by atoms with Gasteiger partial charge in [0.1, 0.15) is 6.04 Å². The van der Waals surface area contributed by atoms with Gasteiger partial charge in [0.25, 0.3) is 15.9 Å². The summed E-state index contributed by atoms with van der Waals surface area (Å²) in [6, 6.07) is 0.186. The van der Waals surface area contributed by atoms with Gasteiger partial charge in [-0.25, -0.2) is 21.9 Å². The van der Waals surface area contributed by atoms with Gasteiger partial charge in [0, 0.05) is 19.2 Å². The molecule has 1 unspecified atom stereocenters. The highest BCUT2D eigenvalue weighted by atomic mass is 32.2. The first kappa shape index (κ1) is 15.8. The minimum absolute atomic E-state index is 0.116. The second kappa shape index (κ2) is 5.54. The van der Waals surface area contributed by atoms with E-state index in [2.05, 4.69) is 9.82 Å². The average molecular weight is 335 g/mol. The Balaban J connectivity index is 1.56. The lowest BCUT2D eigenvalue weighted by Gasteiger charge is -2.14. The highest BCUT2D eigenvalue weighted by Crippen LogP contribution is 2.52. The molecule has 0 bridgehead atoms. The Labute approximate surface area is 127 Å². The number of hydrogen-bond acceptors (Lipinski definition) is 4. The van der Waals surface area contributed by atoms with E-state index in [1.165, 1.54) is 12.3 Å². The van der Waals surface area contributed by atoms with Crippen LogP contribution in [0.25, 0.3) is 0 Å². The van der Waals surface area contributed by atoms with Crippen molar-refractivity contribution in [2.75, 3.05) is 6.54 Å². The summed E-state index contributed by atoms with van der Waals surface area (Å²) in [5, 5.41) is 13.2. The predicted octanol–water partition coefficient (Wildman–Crippen LogP) is 1.29. The number of aliphatic hydroxyl groups is 1. The molecule has 3 atom stereocenters. The molecule has 22 heavy (non-hydrogen) atoms. The van der Waals surface area contributed by atoms with E-state index < -0.39 is 22.0 Å². The van der Waals surface area contributed by atoms with E-state index >= 15 is 0 Å².